The molecule has 0 nitrogen and oxygen atoms in total. The lowest BCUT2D eigenvalue weighted by molar-refractivity contribution is 0.168. The Morgan fingerprint density at radius 1 is 0.412 bits per heavy atom. The van der Waals surface area contributed by atoms with E-state index in [4.69, 9.17) is 0 Å². The van der Waals surface area contributed by atoms with E-state index < -0.39 is 0 Å². The van der Waals surface area contributed by atoms with Crippen molar-refractivity contribution >= 4 is 18.5 Å². The average molecular weight is 481 g/mol. The summed E-state index contributed by atoms with van der Waals surface area (Å²) in [6, 6.07) is 44.6. The van der Waals surface area contributed by atoms with Gasteiger partial charge in [-0.2, -0.15) is 0 Å². The third kappa shape index (κ3) is 4.17. The summed E-state index contributed by atoms with van der Waals surface area (Å²) in [5, 5.41) is -0.308. The van der Waals surface area contributed by atoms with Gasteiger partial charge in [-0.3, -0.25) is 0 Å². The van der Waals surface area contributed by atoms with Crippen molar-refractivity contribution in [3.63, 3.8) is 0 Å². The highest BCUT2D eigenvalue weighted by atomic mass is 31.0. The van der Waals surface area contributed by atoms with Crippen LogP contribution in [0.25, 0.3) is 0 Å². The zero-order valence-corrected chi connectivity index (χ0v) is 22.0. The van der Waals surface area contributed by atoms with Gasteiger partial charge in [0.2, 0.25) is 0 Å². The second-order valence-corrected chi connectivity index (χ2v) is 11.5. The normalized spacial score (nSPS) is 19.0. The molecule has 0 saturated heterocycles. The van der Waals surface area contributed by atoms with E-state index in [1.165, 1.54) is 47.9 Å². The Hall–Kier alpha value is -2.26. The van der Waals surface area contributed by atoms with Gasteiger partial charge in [-0.1, -0.05) is 134 Å². The highest BCUT2D eigenvalue weighted by Gasteiger charge is 2.50. The molecule has 0 bridgehead atoms. The zero-order valence-electron chi connectivity index (χ0n) is 19.7. The molecule has 4 atom stereocenters. The Labute approximate surface area is 209 Å². The third-order valence-corrected chi connectivity index (χ3v) is 10.1. The fraction of sp³-hybridized carbons (Fsp3) is 0.250. The van der Waals surface area contributed by atoms with Crippen molar-refractivity contribution in [2.45, 2.75) is 36.0 Å². The summed E-state index contributed by atoms with van der Waals surface area (Å²) in [6.07, 6.45) is 4.99. The maximum Gasteiger partial charge on any atom is 0.0375 e. The van der Waals surface area contributed by atoms with E-state index in [2.05, 4.69) is 140 Å². The molecule has 0 heterocycles. The quantitative estimate of drug-likeness (QED) is 0.243. The smallest absolute Gasteiger partial charge is 0.0375 e. The minimum absolute atomic E-state index is 0.154. The molecule has 0 aromatic heterocycles. The fourth-order valence-corrected chi connectivity index (χ4v) is 7.83. The number of hydrogen-bond acceptors (Lipinski definition) is 0. The van der Waals surface area contributed by atoms with E-state index in [0.29, 0.717) is 11.8 Å². The molecule has 2 heteroatoms. The summed E-state index contributed by atoms with van der Waals surface area (Å²) in [6.45, 7) is 0. The summed E-state index contributed by atoms with van der Waals surface area (Å²) in [7, 11) is 6.72. The second-order valence-electron chi connectivity index (χ2n) is 9.70. The molecular weight excluding hydrogens is 446 g/mol. The zero-order chi connectivity index (χ0) is 23.4. The standard InChI is InChI=1S/C32H34P2/c33-31(25-15-5-1-6-16-25,26-17-7-2-8-18-26)29-23-13-14-24-30(29)32(34,27-19-9-3-10-20-27)28-21-11-4-12-22-28/h1-12,15-22,29-30H,13-14,23-24,33-34H2/t29-,30-/m1/s1. The summed E-state index contributed by atoms with van der Waals surface area (Å²) in [5.41, 5.74) is 5.54. The van der Waals surface area contributed by atoms with E-state index in [0.717, 1.165) is 0 Å². The first-order chi connectivity index (χ1) is 16.6. The van der Waals surface area contributed by atoms with Crippen LogP contribution in [-0.4, -0.2) is 0 Å². The monoisotopic (exact) mass is 480 g/mol. The van der Waals surface area contributed by atoms with Gasteiger partial charge in [-0.05, 0) is 46.9 Å². The molecule has 5 rings (SSSR count). The molecule has 0 radical (unpaired) electrons. The van der Waals surface area contributed by atoms with Gasteiger partial charge in [-0.25, -0.2) is 0 Å². The van der Waals surface area contributed by atoms with Gasteiger partial charge in [-0.15, -0.1) is 18.5 Å². The Balaban J connectivity index is 1.72. The van der Waals surface area contributed by atoms with Crippen LogP contribution < -0.4 is 0 Å². The van der Waals surface area contributed by atoms with Gasteiger partial charge in [0.25, 0.3) is 0 Å². The van der Waals surface area contributed by atoms with Crippen molar-refractivity contribution in [2.24, 2.45) is 11.8 Å². The van der Waals surface area contributed by atoms with Crippen LogP contribution in [0.3, 0.4) is 0 Å². The second kappa shape index (κ2) is 10.2. The van der Waals surface area contributed by atoms with E-state index >= 15 is 0 Å². The minimum atomic E-state index is -0.154. The van der Waals surface area contributed by atoms with Crippen molar-refractivity contribution in [3.05, 3.63) is 144 Å². The predicted molar refractivity (Wildman–Crippen MR) is 152 cm³/mol. The van der Waals surface area contributed by atoms with Crippen molar-refractivity contribution in [1.82, 2.24) is 0 Å². The average Bonchev–Trinajstić information content (AvgIpc) is 2.94. The van der Waals surface area contributed by atoms with Crippen LogP contribution in [0.4, 0.5) is 0 Å². The first-order valence-corrected chi connectivity index (χ1v) is 13.6. The molecular formula is C32H34P2. The number of benzene rings is 4. The highest BCUT2D eigenvalue weighted by Crippen LogP contribution is 2.60. The predicted octanol–water partition coefficient (Wildman–Crippen LogP) is 8.43. The molecule has 172 valence electrons. The first kappa shape index (κ1) is 23.5. The Bertz CT molecular complexity index is 997. The largest absolute Gasteiger partial charge is 0.121 e. The van der Waals surface area contributed by atoms with E-state index in [1.807, 2.05) is 0 Å². The Morgan fingerprint density at radius 2 is 0.647 bits per heavy atom. The molecule has 1 aliphatic carbocycles. The van der Waals surface area contributed by atoms with Crippen LogP contribution in [-0.2, 0) is 10.3 Å². The number of rotatable bonds is 6. The molecule has 1 aliphatic rings. The molecule has 4 aromatic rings. The lowest BCUT2D eigenvalue weighted by atomic mass is 9.60. The minimum Gasteiger partial charge on any atom is -0.121 e. The Morgan fingerprint density at radius 3 is 0.882 bits per heavy atom. The summed E-state index contributed by atoms with van der Waals surface area (Å²) in [4.78, 5) is 0. The Kier molecular flexibility index (Phi) is 7.01. The molecule has 1 fully saturated rings. The van der Waals surface area contributed by atoms with E-state index in [1.54, 1.807) is 0 Å². The van der Waals surface area contributed by atoms with Crippen LogP contribution in [0.5, 0.6) is 0 Å². The first-order valence-electron chi connectivity index (χ1n) is 12.4. The van der Waals surface area contributed by atoms with Gasteiger partial charge in [0, 0.05) is 10.3 Å². The van der Waals surface area contributed by atoms with Gasteiger partial charge < -0.3 is 0 Å². The van der Waals surface area contributed by atoms with Gasteiger partial charge >= 0.3 is 0 Å². The third-order valence-electron chi connectivity index (χ3n) is 7.94. The molecule has 0 amide bonds. The molecule has 2 unspecified atom stereocenters. The molecule has 4 aromatic carbocycles. The van der Waals surface area contributed by atoms with Crippen molar-refractivity contribution in [3.8, 4) is 0 Å². The van der Waals surface area contributed by atoms with Crippen LogP contribution in [0.15, 0.2) is 121 Å². The summed E-state index contributed by atoms with van der Waals surface area (Å²) in [5.74, 6) is 0.933. The lowest BCUT2D eigenvalue weighted by Crippen LogP contribution is -2.45. The SMILES string of the molecule is PC(c1ccccc1)(c1ccccc1)[C@@H]1CCCC[C@H]1C(P)(c1ccccc1)c1ccccc1. The van der Waals surface area contributed by atoms with Crippen LogP contribution in [0.1, 0.15) is 47.9 Å². The molecule has 0 N–H and O–H groups in total. The van der Waals surface area contributed by atoms with Crippen LogP contribution in [0, 0.1) is 11.8 Å². The number of hydrogen-bond donors (Lipinski definition) is 0. The molecule has 0 spiro atoms. The van der Waals surface area contributed by atoms with Crippen LogP contribution in [0.2, 0.25) is 0 Å². The van der Waals surface area contributed by atoms with Crippen molar-refractivity contribution in [1.29, 1.82) is 0 Å². The van der Waals surface area contributed by atoms with E-state index in [-0.39, 0.29) is 10.3 Å². The lowest BCUT2D eigenvalue weighted by Gasteiger charge is -2.52. The molecule has 1 saturated carbocycles. The van der Waals surface area contributed by atoms with Gasteiger partial charge in [0.05, 0.1) is 0 Å². The summed E-state index contributed by atoms with van der Waals surface area (Å²) >= 11 is 0. The van der Waals surface area contributed by atoms with Gasteiger partial charge in [0.15, 0.2) is 0 Å². The van der Waals surface area contributed by atoms with Crippen LogP contribution >= 0.6 is 18.5 Å². The highest BCUT2D eigenvalue weighted by molar-refractivity contribution is 7.19. The molecule has 34 heavy (non-hydrogen) atoms. The maximum atomic E-state index is 3.36. The van der Waals surface area contributed by atoms with Gasteiger partial charge in [0.1, 0.15) is 0 Å². The maximum absolute atomic E-state index is 3.36. The van der Waals surface area contributed by atoms with Crippen molar-refractivity contribution in [2.75, 3.05) is 0 Å². The fourth-order valence-electron chi connectivity index (χ4n) is 6.27. The topological polar surface area (TPSA) is 0 Å². The molecule has 0 aliphatic heterocycles. The van der Waals surface area contributed by atoms with E-state index in [9.17, 15) is 0 Å². The summed E-state index contributed by atoms with van der Waals surface area (Å²) < 4.78 is 0. The van der Waals surface area contributed by atoms with Crippen molar-refractivity contribution < 1.29 is 0 Å².